The summed E-state index contributed by atoms with van der Waals surface area (Å²) in [6.45, 7) is 0.329. The van der Waals surface area contributed by atoms with Crippen molar-refractivity contribution in [3.05, 3.63) is 102 Å². The van der Waals surface area contributed by atoms with Crippen LogP contribution in [-0.4, -0.2) is 31.8 Å². The molecule has 148 valence electrons. The lowest BCUT2D eigenvalue weighted by Gasteiger charge is -2.07. The minimum absolute atomic E-state index is 0.208. The van der Waals surface area contributed by atoms with Crippen LogP contribution in [0.5, 0.6) is 0 Å². The molecule has 0 aliphatic rings. The first-order chi connectivity index (χ1) is 14.7. The van der Waals surface area contributed by atoms with E-state index in [1.807, 2.05) is 42.5 Å². The average molecular weight is 398 g/mol. The molecule has 0 bridgehead atoms. The van der Waals surface area contributed by atoms with Crippen LogP contribution in [-0.2, 0) is 6.54 Å². The lowest BCUT2D eigenvalue weighted by molar-refractivity contribution is 0.0944. The van der Waals surface area contributed by atoms with E-state index < -0.39 is 0 Å². The maximum Gasteiger partial charge on any atom is 0.273 e. The number of carbonyl (C=O) groups excluding carboxylic acids is 2. The Kier molecular flexibility index (Phi) is 5.56. The van der Waals surface area contributed by atoms with E-state index in [2.05, 4.69) is 25.8 Å². The zero-order chi connectivity index (χ0) is 20.8. The summed E-state index contributed by atoms with van der Waals surface area (Å²) in [5.41, 5.74) is 3.10. The second-order valence-electron chi connectivity index (χ2n) is 6.42. The molecule has 2 amide bonds. The molecule has 2 aromatic carbocycles. The Hall–Kier alpha value is -4.33. The number of hydrogen-bond donors (Lipinski definition) is 2. The van der Waals surface area contributed by atoms with E-state index in [-0.39, 0.29) is 17.5 Å². The Morgan fingerprint density at radius 1 is 0.867 bits per heavy atom. The Morgan fingerprint density at radius 2 is 1.60 bits per heavy atom. The van der Waals surface area contributed by atoms with E-state index in [9.17, 15) is 9.59 Å². The van der Waals surface area contributed by atoms with Gasteiger partial charge >= 0.3 is 0 Å². The number of nitrogens with one attached hydrogen (secondary N) is 2. The number of pyridine rings is 1. The predicted molar refractivity (Wildman–Crippen MR) is 111 cm³/mol. The monoisotopic (exact) mass is 398 g/mol. The van der Waals surface area contributed by atoms with Crippen LogP contribution in [0.25, 0.3) is 5.69 Å². The summed E-state index contributed by atoms with van der Waals surface area (Å²) in [5, 5.41) is 14.0. The molecular weight excluding hydrogens is 380 g/mol. The summed E-state index contributed by atoms with van der Waals surface area (Å²) < 4.78 is 0. The number of carbonyl (C=O) groups is 2. The summed E-state index contributed by atoms with van der Waals surface area (Å²) in [7, 11) is 0. The van der Waals surface area contributed by atoms with E-state index in [4.69, 9.17) is 0 Å². The molecule has 2 heterocycles. The van der Waals surface area contributed by atoms with E-state index in [1.165, 1.54) is 11.0 Å². The van der Waals surface area contributed by atoms with Gasteiger partial charge in [0.2, 0.25) is 0 Å². The van der Waals surface area contributed by atoms with Gasteiger partial charge in [-0.1, -0.05) is 30.3 Å². The van der Waals surface area contributed by atoms with Crippen molar-refractivity contribution in [2.45, 2.75) is 6.54 Å². The van der Waals surface area contributed by atoms with Gasteiger partial charge in [0, 0.05) is 30.2 Å². The fourth-order valence-electron chi connectivity index (χ4n) is 2.74. The first-order valence-electron chi connectivity index (χ1n) is 9.25. The lowest BCUT2D eigenvalue weighted by Crippen LogP contribution is -2.23. The topological polar surface area (TPSA) is 102 Å². The fourth-order valence-corrected chi connectivity index (χ4v) is 2.74. The molecule has 0 atom stereocenters. The van der Waals surface area contributed by atoms with Crippen LogP contribution in [0.4, 0.5) is 5.69 Å². The molecule has 0 saturated carbocycles. The molecule has 8 nitrogen and oxygen atoms in total. The van der Waals surface area contributed by atoms with Crippen LogP contribution in [0.2, 0.25) is 0 Å². The van der Waals surface area contributed by atoms with Crippen LogP contribution in [0, 0.1) is 0 Å². The predicted octanol–water partition coefficient (Wildman–Crippen LogP) is 2.84. The molecule has 2 aromatic heterocycles. The highest BCUT2D eigenvalue weighted by atomic mass is 16.2. The van der Waals surface area contributed by atoms with Crippen molar-refractivity contribution < 1.29 is 9.59 Å². The van der Waals surface area contributed by atoms with E-state index in [1.54, 1.807) is 36.7 Å². The minimum atomic E-state index is -0.313. The lowest BCUT2D eigenvalue weighted by atomic mass is 10.2. The molecule has 2 N–H and O–H groups in total. The fraction of sp³-hybridized carbons (Fsp3) is 0.0455. The van der Waals surface area contributed by atoms with Crippen molar-refractivity contribution in [3.8, 4) is 5.69 Å². The van der Waals surface area contributed by atoms with Crippen molar-refractivity contribution in [2.24, 2.45) is 0 Å². The third-order valence-electron chi connectivity index (χ3n) is 4.32. The Balaban J connectivity index is 1.32. The highest BCUT2D eigenvalue weighted by Crippen LogP contribution is 2.11. The number of hydrogen-bond acceptors (Lipinski definition) is 5. The van der Waals surface area contributed by atoms with Gasteiger partial charge in [-0.05, 0) is 42.0 Å². The number of anilines is 1. The van der Waals surface area contributed by atoms with Gasteiger partial charge < -0.3 is 10.6 Å². The molecule has 4 aromatic rings. The molecule has 30 heavy (non-hydrogen) atoms. The summed E-state index contributed by atoms with van der Waals surface area (Å²) in [4.78, 5) is 29.8. The van der Waals surface area contributed by atoms with Gasteiger partial charge in [0.15, 0.2) is 5.69 Å². The Bertz CT molecular complexity index is 1140. The highest BCUT2D eigenvalue weighted by Gasteiger charge is 2.11. The standard InChI is InChI=1S/C22H18N6O2/c29-21(17-10-12-23-13-11-17)26-18-8-6-16(7-9-18)14-24-22(30)20-15-25-28(27-20)19-4-2-1-3-5-19/h1-13,15H,14H2,(H,24,30)(H,26,29). The summed E-state index contributed by atoms with van der Waals surface area (Å²) in [6.07, 6.45) is 4.57. The van der Waals surface area contributed by atoms with Gasteiger partial charge in [0.25, 0.3) is 11.8 Å². The van der Waals surface area contributed by atoms with Crippen LogP contribution in [0.3, 0.4) is 0 Å². The molecule has 0 spiro atoms. The zero-order valence-corrected chi connectivity index (χ0v) is 15.9. The van der Waals surface area contributed by atoms with Crippen LogP contribution < -0.4 is 10.6 Å². The van der Waals surface area contributed by atoms with E-state index in [0.717, 1.165) is 11.3 Å². The van der Waals surface area contributed by atoms with Crippen molar-refractivity contribution in [1.29, 1.82) is 0 Å². The van der Waals surface area contributed by atoms with Gasteiger partial charge in [-0.2, -0.15) is 9.90 Å². The van der Waals surface area contributed by atoms with Crippen molar-refractivity contribution in [1.82, 2.24) is 25.3 Å². The van der Waals surface area contributed by atoms with Gasteiger partial charge in [-0.15, -0.1) is 5.10 Å². The first-order valence-corrected chi connectivity index (χ1v) is 9.25. The Labute approximate surface area is 172 Å². The van der Waals surface area contributed by atoms with Crippen molar-refractivity contribution in [3.63, 3.8) is 0 Å². The van der Waals surface area contributed by atoms with Crippen LogP contribution >= 0.6 is 0 Å². The highest BCUT2D eigenvalue weighted by molar-refractivity contribution is 6.04. The van der Waals surface area contributed by atoms with Gasteiger partial charge in [0.1, 0.15) is 0 Å². The third kappa shape index (κ3) is 4.56. The molecule has 0 saturated heterocycles. The number of rotatable bonds is 6. The molecule has 0 aliphatic carbocycles. The zero-order valence-electron chi connectivity index (χ0n) is 15.9. The molecular formula is C22H18N6O2. The summed E-state index contributed by atoms with van der Waals surface area (Å²) >= 11 is 0. The van der Waals surface area contributed by atoms with Gasteiger partial charge in [-0.3, -0.25) is 14.6 Å². The number of aromatic nitrogens is 4. The molecule has 0 aliphatic heterocycles. The van der Waals surface area contributed by atoms with Crippen LogP contribution in [0.1, 0.15) is 26.4 Å². The van der Waals surface area contributed by atoms with E-state index >= 15 is 0 Å². The second-order valence-corrected chi connectivity index (χ2v) is 6.42. The second kappa shape index (κ2) is 8.78. The largest absolute Gasteiger partial charge is 0.347 e. The Morgan fingerprint density at radius 3 is 2.33 bits per heavy atom. The average Bonchev–Trinajstić information content (AvgIpc) is 3.30. The number of nitrogens with zero attached hydrogens (tertiary/aromatic N) is 4. The molecule has 0 unspecified atom stereocenters. The maximum atomic E-state index is 12.3. The molecule has 8 heteroatoms. The number of amides is 2. The smallest absolute Gasteiger partial charge is 0.273 e. The van der Waals surface area contributed by atoms with Gasteiger partial charge in [0.05, 0.1) is 11.9 Å². The third-order valence-corrected chi connectivity index (χ3v) is 4.32. The minimum Gasteiger partial charge on any atom is -0.347 e. The van der Waals surface area contributed by atoms with Crippen LogP contribution in [0.15, 0.2) is 85.3 Å². The summed E-state index contributed by atoms with van der Waals surface area (Å²) in [6, 6.07) is 19.9. The number of benzene rings is 2. The number of para-hydroxylation sites is 1. The first kappa shape index (κ1) is 19.0. The maximum absolute atomic E-state index is 12.3. The molecule has 0 radical (unpaired) electrons. The summed E-state index contributed by atoms with van der Waals surface area (Å²) in [5.74, 6) is -0.521. The molecule has 0 fully saturated rings. The SMILES string of the molecule is O=C(Nc1ccc(CNC(=O)c2cnn(-c3ccccc3)n2)cc1)c1ccncc1. The van der Waals surface area contributed by atoms with E-state index in [0.29, 0.717) is 17.8 Å². The van der Waals surface area contributed by atoms with Crippen molar-refractivity contribution in [2.75, 3.05) is 5.32 Å². The normalized spacial score (nSPS) is 10.4. The van der Waals surface area contributed by atoms with Crippen molar-refractivity contribution >= 4 is 17.5 Å². The quantitative estimate of drug-likeness (QED) is 0.520. The molecule has 4 rings (SSSR count). The van der Waals surface area contributed by atoms with Gasteiger partial charge in [-0.25, -0.2) is 0 Å².